The number of anilines is 3. The van der Waals surface area contributed by atoms with Gasteiger partial charge in [-0.3, -0.25) is 35.9 Å². The number of hydrazine groups is 1. The second kappa shape index (κ2) is 10.2. The summed E-state index contributed by atoms with van der Waals surface area (Å²) >= 11 is 6.08. The van der Waals surface area contributed by atoms with Gasteiger partial charge in [0, 0.05) is 43.0 Å². The van der Waals surface area contributed by atoms with Gasteiger partial charge in [-0.2, -0.15) is 0 Å². The van der Waals surface area contributed by atoms with Crippen LogP contribution < -0.4 is 20.7 Å². The Morgan fingerprint density at radius 1 is 0.943 bits per heavy atom. The van der Waals surface area contributed by atoms with E-state index in [1.165, 1.54) is 24.3 Å². The molecule has 1 amide bonds. The van der Waals surface area contributed by atoms with Crippen LogP contribution in [0.5, 0.6) is 0 Å². The number of piperazine rings is 1. The smallest absolute Gasteiger partial charge is 0.355 e. The molecule has 2 aromatic carbocycles. The quantitative estimate of drug-likeness (QED) is 0.366. The van der Waals surface area contributed by atoms with Crippen LogP contribution in [-0.4, -0.2) is 51.9 Å². The molecule has 13 nitrogen and oxygen atoms in total. The van der Waals surface area contributed by atoms with Gasteiger partial charge < -0.3 is 9.80 Å². The van der Waals surface area contributed by atoms with Crippen molar-refractivity contribution in [3.63, 3.8) is 0 Å². The molecule has 35 heavy (non-hydrogen) atoms. The largest absolute Gasteiger partial charge is 0.368 e. The van der Waals surface area contributed by atoms with Crippen LogP contribution in [-0.2, 0) is 0 Å². The van der Waals surface area contributed by atoms with E-state index in [9.17, 15) is 25.0 Å². The second-order valence-electron chi connectivity index (χ2n) is 7.46. The van der Waals surface area contributed by atoms with Crippen molar-refractivity contribution in [3.8, 4) is 0 Å². The molecule has 0 bridgehead atoms. The van der Waals surface area contributed by atoms with Crippen molar-refractivity contribution >= 4 is 46.2 Å². The van der Waals surface area contributed by atoms with E-state index >= 15 is 0 Å². The number of nitro groups is 2. The van der Waals surface area contributed by atoms with Gasteiger partial charge in [0.05, 0.1) is 9.85 Å². The molecule has 1 aliphatic heterocycles. The molecular formula is C21H19ClN8O5. The van der Waals surface area contributed by atoms with E-state index in [0.717, 1.165) is 12.0 Å². The summed E-state index contributed by atoms with van der Waals surface area (Å²) in [5.41, 5.74) is 4.57. The summed E-state index contributed by atoms with van der Waals surface area (Å²) in [4.78, 5) is 46.1. The number of amides is 1. The summed E-state index contributed by atoms with van der Waals surface area (Å²) in [6.07, 6.45) is 1.14. The number of carbonyl (C=O) groups is 1. The van der Waals surface area contributed by atoms with Crippen molar-refractivity contribution in [1.82, 2.24) is 15.4 Å². The molecule has 2 N–H and O–H groups in total. The number of hydrogen-bond donors (Lipinski definition) is 2. The lowest BCUT2D eigenvalue weighted by atomic mass is 10.2. The molecule has 180 valence electrons. The average Bonchev–Trinajstić information content (AvgIpc) is 2.87. The Labute approximate surface area is 203 Å². The molecule has 0 saturated carbocycles. The molecule has 4 rings (SSSR count). The Hall–Kier alpha value is -4.52. The number of halogens is 1. The number of nitrogens with zero attached hydrogens (tertiary/aromatic N) is 6. The maximum Gasteiger partial charge on any atom is 0.355 e. The predicted octanol–water partition coefficient (Wildman–Crippen LogP) is 3.03. The van der Waals surface area contributed by atoms with Gasteiger partial charge in [0.25, 0.3) is 11.6 Å². The zero-order chi connectivity index (χ0) is 24.9. The molecule has 0 radical (unpaired) electrons. The van der Waals surface area contributed by atoms with Crippen LogP contribution in [0.25, 0.3) is 0 Å². The number of nitro benzene ring substituents is 1. The summed E-state index contributed by atoms with van der Waals surface area (Å²) in [5.74, 6) is -0.996. The first-order valence-electron chi connectivity index (χ1n) is 10.4. The highest BCUT2D eigenvalue weighted by Crippen LogP contribution is 2.32. The Balaban J connectivity index is 1.50. The third-order valence-electron chi connectivity index (χ3n) is 5.38. The van der Waals surface area contributed by atoms with E-state index < -0.39 is 27.1 Å². The van der Waals surface area contributed by atoms with Gasteiger partial charge in [0.15, 0.2) is 0 Å². The summed E-state index contributed by atoms with van der Waals surface area (Å²) in [5, 5.41) is 23.7. The summed E-state index contributed by atoms with van der Waals surface area (Å²) in [7, 11) is 0. The Morgan fingerprint density at radius 3 is 2.34 bits per heavy atom. The first kappa shape index (κ1) is 23.6. The maximum atomic E-state index is 12.5. The zero-order valence-corrected chi connectivity index (χ0v) is 18.9. The highest BCUT2D eigenvalue weighted by Gasteiger charge is 2.30. The molecule has 1 saturated heterocycles. The fourth-order valence-corrected chi connectivity index (χ4v) is 3.90. The average molecular weight is 499 g/mol. The topological polar surface area (TPSA) is 160 Å². The molecule has 3 aromatic rings. The number of carbonyl (C=O) groups excluding carboxylic acids is 1. The van der Waals surface area contributed by atoms with Crippen molar-refractivity contribution in [2.45, 2.75) is 0 Å². The van der Waals surface area contributed by atoms with Gasteiger partial charge in [-0.25, -0.2) is 9.97 Å². The van der Waals surface area contributed by atoms with E-state index in [1.54, 1.807) is 11.0 Å². The SMILES string of the molecule is O=C(NNc1ncnc(N2CCN(c3cccc(Cl)c3)CC2)c1[N+](=O)[O-])c1ccccc1[N+](=O)[O-]. The fraction of sp³-hybridized carbons (Fsp3) is 0.190. The molecule has 1 fully saturated rings. The molecule has 0 unspecified atom stereocenters. The lowest BCUT2D eigenvalue weighted by Gasteiger charge is -2.36. The molecule has 0 spiro atoms. The van der Waals surface area contributed by atoms with E-state index in [4.69, 9.17) is 11.6 Å². The van der Waals surface area contributed by atoms with Crippen LogP contribution in [0.4, 0.5) is 28.7 Å². The van der Waals surface area contributed by atoms with E-state index in [1.807, 2.05) is 18.2 Å². The van der Waals surface area contributed by atoms with Crippen molar-refractivity contribution in [1.29, 1.82) is 0 Å². The Bertz CT molecular complexity index is 1280. The standard InChI is InChI=1S/C21H19ClN8O5/c22-14-4-3-5-15(12-14)27-8-10-28(11-9-27)20-18(30(34)35)19(23-13-24-20)25-26-21(31)16-6-1-2-7-17(16)29(32)33/h1-7,12-13H,8-11H2,(H,26,31)(H,23,24,25). The number of rotatable bonds is 7. The van der Waals surface area contributed by atoms with Gasteiger partial charge >= 0.3 is 5.69 Å². The molecule has 0 aliphatic carbocycles. The highest BCUT2D eigenvalue weighted by atomic mass is 35.5. The first-order valence-corrected chi connectivity index (χ1v) is 10.8. The van der Waals surface area contributed by atoms with Gasteiger partial charge in [0.1, 0.15) is 11.9 Å². The van der Waals surface area contributed by atoms with Gasteiger partial charge in [-0.15, -0.1) is 0 Å². The van der Waals surface area contributed by atoms with Crippen molar-refractivity contribution < 1.29 is 14.6 Å². The van der Waals surface area contributed by atoms with E-state index in [0.29, 0.717) is 31.2 Å². The maximum absolute atomic E-state index is 12.5. The minimum atomic E-state index is -0.845. The molecule has 1 aromatic heterocycles. The minimum absolute atomic E-state index is 0.0955. The highest BCUT2D eigenvalue weighted by molar-refractivity contribution is 6.30. The zero-order valence-electron chi connectivity index (χ0n) is 18.1. The lowest BCUT2D eigenvalue weighted by Crippen LogP contribution is -2.47. The van der Waals surface area contributed by atoms with Crippen LogP contribution in [0.2, 0.25) is 5.02 Å². The Morgan fingerprint density at radius 2 is 1.66 bits per heavy atom. The van der Waals surface area contributed by atoms with Gasteiger partial charge in [0.2, 0.25) is 11.6 Å². The van der Waals surface area contributed by atoms with Crippen molar-refractivity contribution in [2.75, 3.05) is 41.4 Å². The van der Waals surface area contributed by atoms with E-state index in [2.05, 4.69) is 25.7 Å². The van der Waals surface area contributed by atoms with Crippen molar-refractivity contribution in [2.24, 2.45) is 0 Å². The normalized spacial score (nSPS) is 13.3. The van der Waals surface area contributed by atoms with Crippen molar-refractivity contribution in [3.05, 3.63) is 85.7 Å². The van der Waals surface area contributed by atoms with Crippen LogP contribution in [0.1, 0.15) is 10.4 Å². The molecule has 1 aliphatic rings. The monoisotopic (exact) mass is 498 g/mol. The molecular weight excluding hydrogens is 480 g/mol. The molecule has 0 atom stereocenters. The van der Waals surface area contributed by atoms with E-state index in [-0.39, 0.29) is 17.2 Å². The molecule has 14 heteroatoms. The van der Waals surface area contributed by atoms with Crippen LogP contribution in [0, 0.1) is 20.2 Å². The van der Waals surface area contributed by atoms with Crippen LogP contribution in [0.3, 0.4) is 0 Å². The first-order chi connectivity index (χ1) is 16.8. The van der Waals surface area contributed by atoms with Crippen LogP contribution >= 0.6 is 11.6 Å². The second-order valence-corrected chi connectivity index (χ2v) is 7.90. The number of aromatic nitrogens is 2. The van der Waals surface area contributed by atoms with Gasteiger partial charge in [-0.1, -0.05) is 29.8 Å². The van der Waals surface area contributed by atoms with Crippen LogP contribution in [0.15, 0.2) is 54.9 Å². The summed E-state index contributed by atoms with van der Waals surface area (Å²) in [6.45, 7) is 2.07. The third-order valence-corrected chi connectivity index (χ3v) is 5.61. The summed E-state index contributed by atoms with van der Waals surface area (Å²) < 4.78 is 0. The van der Waals surface area contributed by atoms with Gasteiger partial charge in [-0.05, 0) is 24.3 Å². The number of para-hydroxylation sites is 1. The predicted molar refractivity (Wildman–Crippen MR) is 129 cm³/mol. The number of benzene rings is 2. The summed E-state index contributed by atoms with van der Waals surface area (Å²) in [6, 6.07) is 12.8. The molecule has 2 heterocycles. The fourth-order valence-electron chi connectivity index (χ4n) is 3.72. The minimum Gasteiger partial charge on any atom is -0.368 e. The number of hydrogen-bond acceptors (Lipinski definition) is 10. The lowest BCUT2D eigenvalue weighted by molar-refractivity contribution is -0.385. The number of nitrogens with one attached hydrogen (secondary N) is 2. The third kappa shape index (κ3) is 5.19. The Kier molecular flexibility index (Phi) is 6.87.